The van der Waals surface area contributed by atoms with Gasteiger partial charge >= 0.3 is 6.18 Å². The van der Waals surface area contributed by atoms with Crippen molar-refractivity contribution in [2.75, 3.05) is 18.9 Å². The number of alkyl halides is 3. The van der Waals surface area contributed by atoms with Gasteiger partial charge in [0.15, 0.2) is 0 Å². The average Bonchev–Trinajstić information content (AvgIpc) is 2.59. The van der Waals surface area contributed by atoms with Gasteiger partial charge in [0.25, 0.3) is 5.91 Å². The van der Waals surface area contributed by atoms with Crippen LogP contribution in [0.1, 0.15) is 35.7 Å². The van der Waals surface area contributed by atoms with Crippen molar-refractivity contribution in [3.05, 3.63) is 47.8 Å². The first-order valence-corrected chi connectivity index (χ1v) is 7.83. The maximum Gasteiger partial charge on any atom is 0.416 e. The number of nitrogens with one attached hydrogen (secondary N) is 1. The van der Waals surface area contributed by atoms with Crippen LogP contribution in [0.25, 0.3) is 0 Å². The normalized spacial score (nSPS) is 11.2. The molecule has 2 aromatic rings. The molecule has 134 valence electrons. The van der Waals surface area contributed by atoms with E-state index in [0.29, 0.717) is 17.8 Å². The molecule has 0 aliphatic rings. The highest BCUT2D eigenvalue weighted by Gasteiger charge is 2.29. The molecule has 0 unspecified atom stereocenters. The number of halogens is 3. The number of hydrogen-bond donors (Lipinski definition) is 1. The van der Waals surface area contributed by atoms with Crippen molar-refractivity contribution < 1.29 is 18.0 Å². The number of carbonyl (C=O) groups excluding carboxylic acids is 1. The highest BCUT2D eigenvalue weighted by molar-refractivity contribution is 5.93. The summed E-state index contributed by atoms with van der Waals surface area (Å²) in [5, 5.41) is 2.80. The molecule has 25 heavy (non-hydrogen) atoms. The first-order chi connectivity index (χ1) is 11.8. The SMILES string of the molecule is CCCCN(C)C(=O)c1cnc(Nc2ccc(C(F)(F)F)cc2)nc1. The molecule has 0 fully saturated rings. The lowest BCUT2D eigenvalue weighted by Crippen LogP contribution is -2.27. The summed E-state index contributed by atoms with van der Waals surface area (Å²) in [6, 6.07) is 4.54. The Morgan fingerprint density at radius 2 is 1.76 bits per heavy atom. The second kappa shape index (κ2) is 7.96. The predicted octanol–water partition coefficient (Wildman–Crippen LogP) is 4.11. The van der Waals surface area contributed by atoms with Crippen LogP contribution in [0.3, 0.4) is 0 Å². The van der Waals surface area contributed by atoms with Crippen molar-refractivity contribution in [3.8, 4) is 0 Å². The van der Waals surface area contributed by atoms with E-state index < -0.39 is 11.7 Å². The van der Waals surface area contributed by atoms with Gasteiger partial charge < -0.3 is 10.2 Å². The van der Waals surface area contributed by atoms with Crippen molar-refractivity contribution in [1.82, 2.24) is 14.9 Å². The maximum absolute atomic E-state index is 12.5. The van der Waals surface area contributed by atoms with Gasteiger partial charge in [0.05, 0.1) is 11.1 Å². The smallest absolute Gasteiger partial charge is 0.342 e. The van der Waals surface area contributed by atoms with E-state index in [9.17, 15) is 18.0 Å². The molecule has 0 aliphatic carbocycles. The molecule has 1 aromatic heterocycles. The topological polar surface area (TPSA) is 58.1 Å². The quantitative estimate of drug-likeness (QED) is 0.850. The first kappa shape index (κ1) is 18.7. The van der Waals surface area contributed by atoms with Crippen LogP contribution >= 0.6 is 0 Å². The minimum atomic E-state index is -4.37. The lowest BCUT2D eigenvalue weighted by Gasteiger charge is -2.16. The molecule has 5 nitrogen and oxygen atoms in total. The third-order valence-electron chi connectivity index (χ3n) is 3.56. The summed E-state index contributed by atoms with van der Waals surface area (Å²) in [4.78, 5) is 21.8. The molecule has 1 amide bonds. The van der Waals surface area contributed by atoms with E-state index >= 15 is 0 Å². The molecule has 0 spiro atoms. The number of anilines is 2. The fourth-order valence-electron chi connectivity index (χ4n) is 2.09. The van der Waals surface area contributed by atoms with Gasteiger partial charge in [-0.15, -0.1) is 0 Å². The monoisotopic (exact) mass is 352 g/mol. The summed E-state index contributed by atoms with van der Waals surface area (Å²) in [6.45, 7) is 2.70. The van der Waals surface area contributed by atoms with Gasteiger partial charge in [-0.3, -0.25) is 4.79 Å². The summed E-state index contributed by atoms with van der Waals surface area (Å²) in [7, 11) is 1.71. The Labute approximate surface area is 143 Å². The van der Waals surface area contributed by atoms with E-state index in [2.05, 4.69) is 15.3 Å². The maximum atomic E-state index is 12.5. The van der Waals surface area contributed by atoms with E-state index in [1.165, 1.54) is 24.5 Å². The Morgan fingerprint density at radius 1 is 1.16 bits per heavy atom. The fourth-order valence-corrected chi connectivity index (χ4v) is 2.09. The molecule has 2 rings (SSSR count). The molecule has 0 bridgehead atoms. The van der Waals surface area contributed by atoms with Gasteiger partial charge in [0, 0.05) is 31.7 Å². The zero-order valence-corrected chi connectivity index (χ0v) is 14.0. The third kappa shape index (κ3) is 5.17. The van der Waals surface area contributed by atoms with Gasteiger partial charge in [-0.1, -0.05) is 13.3 Å². The van der Waals surface area contributed by atoms with E-state index in [-0.39, 0.29) is 11.9 Å². The molecule has 1 N–H and O–H groups in total. The summed E-state index contributed by atoms with van der Waals surface area (Å²) < 4.78 is 37.6. The number of nitrogens with zero attached hydrogens (tertiary/aromatic N) is 3. The summed E-state index contributed by atoms with van der Waals surface area (Å²) in [5.74, 6) is 0.0297. The van der Waals surface area contributed by atoms with Crippen LogP contribution in [0.5, 0.6) is 0 Å². The number of aromatic nitrogens is 2. The number of benzene rings is 1. The second-order valence-electron chi connectivity index (χ2n) is 5.58. The van der Waals surface area contributed by atoms with Crippen molar-refractivity contribution in [2.45, 2.75) is 25.9 Å². The van der Waals surface area contributed by atoms with E-state index in [1.54, 1.807) is 11.9 Å². The Hall–Kier alpha value is -2.64. The second-order valence-corrected chi connectivity index (χ2v) is 5.58. The van der Waals surface area contributed by atoms with Crippen LogP contribution in [0.4, 0.5) is 24.8 Å². The van der Waals surface area contributed by atoms with Crippen LogP contribution in [0, 0.1) is 0 Å². The van der Waals surface area contributed by atoms with E-state index in [1.807, 2.05) is 6.92 Å². The van der Waals surface area contributed by atoms with Crippen molar-refractivity contribution in [1.29, 1.82) is 0 Å². The largest absolute Gasteiger partial charge is 0.416 e. The first-order valence-electron chi connectivity index (χ1n) is 7.83. The van der Waals surface area contributed by atoms with Gasteiger partial charge in [0.2, 0.25) is 5.95 Å². The Balaban J connectivity index is 2.01. The van der Waals surface area contributed by atoms with Gasteiger partial charge in [-0.2, -0.15) is 13.2 Å². The third-order valence-corrected chi connectivity index (χ3v) is 3.56. The van der Waals surface area contributed by atoms with Crippen molar-refractivity contribution in [2.24, 2.45) is 0 Å². The molecule has 0 saturated carbocycles. The molecular weight excluding hydrogens is 333 g/mol. The number of amides is 1. The number of unbranched alkanes of at least 4 members (excludes halogenated alkanes) is 1. The lowest BCUT2D eigenvalue weighted by atomic mass is 10.2. The minimum absolute atomic E-state index is 0.172. The van der Waals surface area contributed by atoms with Crippen LogP contribution in [0.2, 0.25) is 0 Å². The highest BCUT2D eigenvalue weighted by Crippen LogP contribution is 2.30. The van der Waals surface area contributed by atoms with Crippen LogP contribution in [-0.4, -0.2) is 34.4 Å². The van der Waals surface area contributed by atoms with E-state index in [0.717, 1.165) is 25.0 Å². The summed E-state index contributed by atoms with van der Waals surface area (Å²) in [5.41, 5.74) is 0.0544. The van der Waals surface area contributed by atoms with Crippen molar-refractivity contribution >= 4 is 17.5 Å². The fraction of sp³-hybridized carbons (Fsp3) is 0.353. The Bertz CT molecular complexity index is 699. The lowest BCUT2D eigenvalue weighted by molar-refractivity contribution is -0.137. The van der Waals surface area contributed by atoms with Crippen LogP contribution in [0.15, 0.2) is 36.7 Å². The van der Waals surface area contributed by atoms with Gasteiger partial charge in [-0.25, -0.2) is 9.97 Å². The van der Waals surface area contributed by atoms with Crippen LogP contribution in [-0.2, 0) is 6.18 Å². The standard InChI is InChI=1S/C17H19F3N4O/c1-3-4-9-24(2)15(25)12-10-21-16(22-11-12)23-14-7-5-13(6-8-14)17(18,19)20/h5-8,10-11H,3-4,9H2,1-2H3,(H,21,22,23). The molecule has 0 aliphatic heterocycles. The highest BCUT2D eigenvalue weighted by atomic mass is 19.4. The Kier molecular flexibility index (Phi) is 5.95. The number of rotatable bonds is 6. The van der Waals surface area contributed by atoms with E-state index in [4.69, 9.17) is 0 Å². The van der Waals surface area contributed by atoms with Gasteiger partial charge in [0.1, 0.15) is 0 Å². The minimum Gasteiger partial charge on any atom is -0.342 e. The molecular formula is C17H19F3N4O. The summed E-state index contributed by atoms with van der Waals surface area (Å²) in [6.07, 6.45) is 0.315. The number of carbonyl (C=O) groups is 1. The Morgan fingerprint density at radius 3 is 2.28 bits per heavy atom. The van der Waals surface area contributed by atoms with Crippen molar-refractivity contribution in [3.63, 3.8) is 0 Å². The van der Waals surface area contributed by atoms with Gasteiger partial charge in [-0.05, 0) is 30.7 Å². The molecule has 0 radical (unpaired) electrons. The molecule has 1 heterocycles. The zero-order chi connectivity index (χ0) is 18.4. The average molecular weight is 352 g/mol. The predicted molar refractivity (Wildman–Crippen MR) is 88.6 cm³/mol. The molecule has 0 atom stereocenters. The molecule has 1 aromatic carbocycles. The van der Waals surface area contributed by atoms with Crippen LogP contribution < -0.4 is 5.32 Å². The number of hydrogen-bond acceptors (Lipinski definition) is 4. The molecule has 8 heteroatoms. The molecule has 0 saturated heterocycles. The summed E-state index contributed by atoms with van der Waals surface area (Å²) >= 11 is 0. The zero-order valence-electron chi connectivity index (χ0n) is 14.0.